The molecule has 0 fully saturated rings. The lowest BCUT2D eigenvalue weighted by molar-refractivity contribution is 1.18. The topological polar surface area (TPSA) is 33.6 Å². The van der Waals surface area contributed by atoms with Gasteiger partial charge in [-0.15, -0.1) is 0 Å². The Bertz CT molecular complexity index is 2110. The highest BCUT2D eigenvalue weighted by atomic mass is 15.0. The molecule has 3 nitrogen and oxygen atoms in total. The van der Waals surface area contributed by atoms with Crippen molar-refractivity contribution in [1.82, 2.24) is 14.5 Å². The first-order valence-corrected chi connectivity index (χ1v) is 12.9. The average Bonchev–Trinajstić information content (AvgIpc) is 3.53. The molecule has 178 valence electrons. The van der Waals surface area contributed by atoms with Crippen molar-refractivity contribution in [1.29, 1.82) is 0 Å². The van der Waals surface area contributed by atoms with Crippen LogP contribution in [-0.2, 0) is 0 Å². The Balaban J connectivity index is 1.29. The van der Waals surface area contributed by atoms with Crippen molar-refractivity contribution in [3.05, 3.63) is 134 Å². The summed E-state index contributed by atoms with van der Waals surface area (Å²) in [7, 11) is 0. The number of nitrogens with one attached hydrogen (secondary N) is 1. The summed E-state index contributed by atoms with van der Waals surface area (Å²) in [6.07, 6.45) is 3.72. The van der Waals surface area contributed by atoms with E-state index in [9.17, 15) is 0 Å². The molecular formula is C35H23N3. The van der Waals surface area contributed by atoms with Crippen LogP contribution in [0.4, 0.5) is 0 Å². The maximum absolute atomic E-state index is 4.27. The number of aromatic nitrogens is 3. The van der Waals surface area contributed by atoms with Gasteiger partial charge in [0.25, 0.3) is 0 Å². The van der Waals surface area contributed by atoms with E-state index in [1.54, 1.807) is 0 Å². The zero-order valence-electron chi connectivity index (χ0n) is 20.6. The summed E-state index contributed by atoms with van der Waals surface area (Å²) in [5.74, 6) is 0. The van der Waals surface area contributed by atoms with Crippen LogP contribution in [0.5, 0.6) is 0 Å². The summed E-state index contributed by atoms with van der Waals surface area (Å²) in [6, 6.07) is 43.6. The number of aromatic amines is 1. The Morgan fingerprint density at radius 3 is 2.00 bits per heavy atom. The van der Waals surface area contributed by atoms with Gasteiger partial charge >= 0.3 is 0 Å². The van der Waals surface area contributed by atoms with E-state index in [1.807, 2.05) is 18.5 Å². The Morgan fingerprint density at radius 1 is 0.474 bits per heavy atom. The van der Waals surface area contributed by atoms with E-state index in [0.717, 1.165) is 16.8 Å². The van der Waals surface area contributed by atoms with Crippen LogP contribution in [0.2, 0.25) is 0 Å². The van der Waals surface area contributed by atoms with Crippen molar-refractivity contribution >= 4 is 43.6 Å². The summed E-state index contributed by atoms with van der Waals surface area (Å²) in [5, 5.41) is 5.04. The van der Waals surface area contributed by atoms with Gasteiger partial charge in [-0.05, 0) is 76.9 Å². The van der Waals surface area contributed by atoms with Gasteiger partial charge in [-0.3, -0.25) is 4.98 Å². The van der Waals surface area contributed by atoms with Gasteiger partial charge in [-0.25, -0.2) is 0 Å². The smallest absolute Gasteiger partial charge is 0.0541 e. The number of hydrogen-bond acceptors (Lipinski definition) is 1. The SMILES string of the molecule is c1cncc(-c2ccc(-n3c4ccccc4c4cc(-c5ccc6[nH]c7ccccc7c6c5)ccc43)cc2)c1. The molecule has 0 spiro atoms. The van der Waals surface area contributed by atoms with Gasteiger partial charge in [-0.2, -0.15) is 0 Å². The maximum atomic E-state index is 4.27. The molecule has 0 amide bonds. The van der Waals surface area contributed by atoms with Gasteiger partial charge in [0.15, 0.2) is 0 Å². The summed E-state index contributed by atoms with van der Waals surface area (Å²) in [5.41, 5.74) is 10.6. The summed E-state index contributed by atoms with van der Waals surface area (Å²) in [6.45, 7) is 0. The first-order valence-electron chi connectivity index (χ1n) is 12.9. The van der Waals surface area contributed by atoms with Crippen LogP contribution in [0.1, 0.15) is 0 Å². The molecule has 0 saturated carbocycles. The Kier molecular flexibility index (Phi) is 4.52. The van der Waals surface area contributed by atoms with E-state index in [-0.39, 0.29) is 0 Å². The number of H-pyrrole nitrogens is 1. The fraction of sp³-hybridized carbons (Fsp3) is 0. The van der Waals surface area contributed by atoms with Crippen LogP contribution < -0.4 is 0 Å². The lowest BCUT2D eigenvalue weighted by Gasteiger charge is -2.10. The third-order valence-corrected chi connectivity index (χ3v) is 7.63. The summed E-state index contributed by atoms with van der Waals surface area (Å²) >= 11 is 0. The van der Waals surface area contributed by atoms with Gasteiger partial charge in [0.1, 0.15) is 0 Å². The number of fused-ring (bicyclic) bond motifs is 6. The third kappa shape index (κ3) is 3.19. The molecule has 3 aromatic heterocycles. The highest BCUT2D eigenvalue weighted by Crippen LogP contribution is 2.36. The Labute approximate surface area is 219 Å². The molecule has 0 aliphatic heterocycles. The number of nitrogens with zero attached hydrogens (tertiary/aromatic N) is 2. The van der Waals surface area contributed by atoms with Gasteiger partial charge in [-0.1, -0.05) is 66.7 Å². The molecule has 0 radical (unpaired) electrons. The average molecular weight is 486 g/mol. The molecule has 0 bridgehead atoms. The van der Waals surface area contributed by atoms with E-state index in [1.165, 1.54) is 54.7 Å². The summed E-state index contributed by atoms with van der Waals surface area (Å²) < 4.78 is 2.37. The first kappa shape index (κ1) is 21.0. The maximum Gasteiger partial charge on any atom is 0.0541 e. The van der Waals surface area contributed by atoms with Crippen molar-refractivity contribution in [2.45, 2.75) is 0 Å². The number of benzene rings is 5. The second-order valence-corrected chi connectivity index (χ2v) is 9.80. The van der Waals surface area contributed by atoms with Crippen LogP contribution in [0, 0.1) is 0 Å². The quantitative estimate of drug-likeness (QED) is 0.266. The highest BCUT2D eigenvalue weighted by molar-refractivity contribution is 6.11. The predicted octanol–water partition coefficient (Wildman–Crippen LogP) is 9.15. The first-order chi connectivity index (χ1) is 18.8. The number of para-hydroxylation sites is 2. The van der Waals surface area contributed by atoms with Crippen molar-refractivity contribution < 1.29 is 0 Å². The molecule has 0 saturated heterocycles. The highest BCUT2D eigenvalue weighted by Gasteiger charge is 2.14. The molecule has 3 heteroatoms. The van der Waals surface area contributed by atoms with E-state index in [0.29, 0.717) is 0 Å². The zero-order chi connectivity index (χ0) is 25.1. The minimum Gasteiger partial charge on any atom is -0.355 e. The van der Waals surface area contributed by atoms with E-state index in [4.69, 9.17) is 0 Å². The van der Waals surface area contributed by atoms with Crippen LogP contribution in [0.3, 0.4) is 0 Å². The lowest BCUT2D eigenvalue weighted by Crippen LogP contribution is -1.93. The van der Waals surface area contributed by atoms with Crippen molar-refractivity contribution in [2.24, 2.45) is 0 Å². The zero-order valence-corrected chi connectivity index (χ0v) is 20.6. The summed E-state index contributed by atoms with van der Waals surface area (Å²) in [4.78, 5) is 7.81. The molecule has 0 aliphatic carbocycles. The fourth-order valence-electron chi connectivity index (χ4n) is 5.79. The number of pyridine rings is 1. The minimum absolute atomic E-state index is 1.12. The standard InChI is InChI=1S/C35H23N3/c1-3-9-32-28(7-1)30-20-24(13-17-33(30)37-32)25-14-18-35-31(21-25)29-8-2-4-10-34(29)38(35)27-15-11-23(12-16-27)26-6-5-19-36-22-26/h1-22,37H. The van der Waals surface area contributed by atoms with E-state index >= 15 is 0 Å². The molecule has 0 atom stereocenters. The molecule has 38 heavy (non-hydrogen) atoms. The van der Waals surface area contributed by atoms with Gasteiger partial charge in [0.2, 0.25) is 0 Å². The van der Waals surface area contributed by atoms with E-state index in [2.05, 4.69) is 130 Å². The predicted molar refractivity (Wildman–Crippen MR) is 159 cm³/mol. The van der Waals surface area contributed by atoms with Crippen molar-refractivity contribution in [3.63, 3.8) is 0 Å². The molecule has 5 aromatic carbocycles. The van der Waals surface area contributed by atoms with Crippen LogP contribution in [0.15, 0.2) is 134 Å². The minimum atomic E-state index is 1.12. The van der Waals surface area contributed by atoms with Gasteiger partial charge < -0.3 is 9.55 Å². The largest absolute Gasteiger partial charge is 0.355 e. The molecule has 8 aromatic rings. The van der Waals surface area contributed by atoms with Crippen LogP contribution in [-0.4, -0.2) is 14.5 Å². The van der Waals surface area contributed by atoms with Crippen LogP contribution >= 0.6 is 0 Å². The monoisotopic (exact) mass is 485 g/mol. The Morgan fingerprint density at radius 2 is 1.16 bits per heavy atom. The van der Waals surface area contributed by atoms with Crippen molar-refractivity contribution in [2.75, 3.05) is 0 Å². The molecule has 1 N–H and O–H groups in total. The molecule has 8 rings (SSSR count). The van der Waals surface area contributed by atoms with Crippen molar-refractivity contribution in [3.8, 4) is 27.9 Å². The third-order valence-electron chi connectivity index (χ3n) is 7.63. The second-order valence-electron chi connectivity index (χ2n) is 9.80. The molecular weight excluding hydrogens is 462 g/mol. The second kappa shape index (κ2) is 8.19. The lowest BCUT2D eigenvalue weighted by atomic mass is 10.0. The van der Waals surface area contributed by atoms with Gasteiger partial charge in [0, 0.05) is 50.7 Å². The molecule has 3 heterocycles. The Hall–Kier alpha value is -5.15. The number of rotatable bonds is 3. The number of hydrogen-bond donors (Lipinski definition) is 1. The normalized spacial score (nSPS) is 11.7. The van der Waals surface area contributed by atoms with Gasteiger partial charge in [0.05, 0.1) is 11.0 Å². The molecule has 0 aliphatic rings. The van der Waals surface area contributed by atoms with E-state index < -0.39 is 0 Å². The fourth-order valence-corrected chi connectivity index (χ4v) is 5.79. The molecule has 0 unspecified atom stereocenters. The van der Waals surface area contributed by atoms with Crippen LogP contribution in [0.25, 0.3) is 71.6 Å².